The molecule has 32 heavy (non-hydrogen) atoms. The molecule has 0 unspecified atom stereocenters. The van der Waals surface area contributed by atoms with Gasteiger partial charge in [-0.05, 0) is 55.3 Å². The molecule has 0 bridgehead atoms. The molecule has 2 N–H and O–H groups in total. The number of carbonyl (C=O) groups excluding carboxylic acids is 1. The molecular formula is C22H21N3O6S. The fraction of sp³-hybridized carbons (Fsp3) is 0.136. The van der Waals surface area contributed by atoms with Gasteiger partial charge >= 0.3 is 0 Å². The highest BCUT2D eigenvalue weighted by Gasteiger charge is 2.20. The minimum atomic E-state index is -4.16. The zero-order valence-electron chi connectivity index (χ0n) is 17.6. The summed E-state index contributed by atoms with van der Waals surface area (Å²) < 4.78 is 33.2. The predicted molar refractivity (Wildman–Crippen MR) is 121 cm³/mol. The van der Waals surface area contributed by atoms with E-state index in [1.54, 1.807) is 0 Å². The number of carbonyl (C=O) groups is 1. The first-order chi connectivity index (χ1) is 15.1. The van der Waals surface area contributed by atoms with Crippen LogP contribution in [-0.4, -0.2) is 26.4 Å². The highest BCUT2D eigenvalue weighted by molar-refractivity contribution is 7.92. The van der Waals surface area contributed by atoms with Crippen molar-refractivity contribution in [1.29, 1.82) is 0 Å². The normalized spacial score (nSPS) is 11.0. The molecule has 0 aliphatic rings. The van der Waals surface area contributed by atoms with Crippen molar-refractivity contribution in [2.24, 2.45) is 0 Å². The number of amides is 1. The number of hydrogen-bond donors (Lipinski definition) is 2. The van der Waals surface area contributed by atoms with E-state index in [0.717, 1.165) is 17.2 Å². The van der Waals surface area contributed by atoms with Crippen LogP contribution < -0.4 is 14.8 Å². The second kappa shape index (κ2) is 9.06. The molecule has 0 saturated carbocycles. The second-order valence-corrected chi connectivity index (χ2v) is 8.73. The number of non-ortho nitro benzene ring substituents is 1. The topological polar surface area (TPSA) is 128 Å². The first kappa shape index (κ1) is 22.8. The van der Waals surface area contributed by atoms with Crippen molar-refractivity contribution in [3.05, 3.63) is 87.5 Å². The summed E-state index contributed by atoms with van der Waals surface area (Å²) in [7, 11) is -2.85. The Balaban J connectivity index is 1.90. The fourth-order valence-corrected chi connectivity index (χ4v) is 4.07. The van der Waals surface area contributed by atoms with Crippen LogP contribution >= 0.6 is 0 Å². The van der Waals surface area contributed by atoms with Gasteiger partial charge in [-0.2, -0.15) is 0 Å². The lowest BCUT2D eigenvalue weighted by molar-refractivity contribution is -0.384. The lowest BCUT2D eigenvalue weighted by Crippen LogP contribution is -2.16. The number of anilines is 2. The third-order valence-corrected chi connectivity index (χ3v) is 6.05. The van der Waals surface area contributed by atoms with E-state index in [-0.39, 0.29) is 27.6 Å². The molecule has 0 aliphatic heterocycles. The smallest absolute Gasteiger partial charge is 0.271 e. The molecule has 3 aromatic rings. The highest BCUT2D eigenvalue weighted by atomic mass is 32.2. The van der Waals surface area contributed by atoms with Crippen molar-refractivity contribution >= 4 is 33.0 Å². The van der Waals surface area contributed by atoms with E-state index in [2.05, 4.69) is 10.0 Å². The van der Waals surface area contributed by atoms with Gasteiger partial charge in [0.25, 0.3) is 21.6 Å². The van der Waals surface area contributed by atoms with E-state index in [1.165, 1.54) is 43.5 Å². The molecule has 0 saturated heterocycles. The van der Waals surface area contributed by atoms with Crippen LogP contribution in [0.5, 0.6) is 5.75 Å². The Morgan fingerprint density at radius 2 is 1.75 bits per heavy atom. The molecule has 9 nitrogen and oxygen atoms in total. The zero-order valence-corrected chi connectivity index (χ0v) is 18.4. The van der Waals surface area contributed by atoms with Crippen molar-refractivity contribution in [3.63, 3.8) is 0 Å². The molecule has 0 fully saturated rings. The molecule has 3 rings (SSSR count). The van der Waals surface area contributed by atoms with Crippen LogP contribution in [0.3, 0.4) is 0 Å². The summed E-state index contributed by atoms with van der Waals surface area (Å²) in [6.45, 7) is 3.75. The van der Waals surface area contributed by atoms with Gasteiger partial charge in [-0.1, -0.05) is 18.2 Å². The molecule has 1 amide bonds. The molecule has 166 valence electrons. The third kappa shape index (κ3) is 5.03. The van der Waals surface area contributed by atoms with Crippen LogP contribution in [0.25, 0.3) is 0 Å². The van der Waals surface area contributed by atoms with Crippen molar-refractivity contribution in [2.45, 2.75) is 18.7 Å². The maximum absolute atomic E-state index is 12.9. The minimum absolute atomic E-state index is 0.0908. The van der Waals surface area contributed by atoms with Crippen LogP contribution in [0.2, 0.25) is 0 Å². The lowest BCUT2D eigenvalue weighted by atomic mass is 10.1. The van der Waals surface area contributed by atoms with E-state index in [0.29, 0.717) is 5.69 Å². The van der Waals surface area contributed by atoms with Gasteiger partial charge in [0.1, 0.15) is 5.75 Å². The number of aryl methyl sites for hydroxylation is 2. The van der Waals surface area contributed by atoms with Crippen LogP contribution in [0, 0.1) is 24.0 Å². The zero-order chi connectivity index (χ0) is 23.5. The molecule has 3 aromatic carbocycles. The number of methoxy groups -OCH3 is 1. The maximum Gasteiger partial charge on any atom is 0.271 e. The van der Waals surface area contributed by atoms with E-state index in [1.807, 2.05) is 32.0 Å². The number of nitrogens with one attached hydrogen (secondary N) is 2. The Kier molecular flexibility index (Phi) is 6.45. The Bertz CT molecular complexity index is 1300. The first-order valence-electron chi connectivity index (χ1n) is 9.44. The summed E-state index contributed by atoms with van der Waals surface area (Å²) in [5.41, 5.74) is 2.21. The van der Waals surface area contributed by atoms with Crippen molar-refractivity contribution in [1.82, 2.24) is 0 Å². The average molecular weight is 455 g/mol. The van der Waals surface area contributed by atoms with Crippen LogP contribution in [-0.2, 0) is 10.0 Å². The van der Waals surface area contributed by atoms with E-state index < -0.39 is 20.9 Å². The Hall–Kier alpha value is -3.92. The fourth-order valence-electron chi connectivity index (χ4n) is 2.96. The Labute approximate surface area is 185 Å². The number of benzene rings is 3. The summed E-state index contributed by atoms with van der Waals surface area (Å²) in [4.78, 5) is 22.9. The maximum atomic E-state index is 12.9. The van der Waals surface area contributed by atoms with Gasteiger partial charge in [-0.15, -0.1) is 0 Å². The number of sulfonamides is 1. The monoisotopic (exact) mass is 455 g/mol. The summed E-state index contributed by atoms with van der Waals surface area (Å²) >= 11 is 0. The highest BCUT2D eigenvalue weighted by Crippen LogP contribution is 2.31. The standard InChI is InChI=1S/C22H21N3O6S/c1-14-7-8-15(2)19(11-14)23-22(26)16-5-4-6-18(12-16)32(29,30)24-20-13-17(25(27)28)9-10-21(20)31-3/h4-13,24H,1-3H3,(H,23,26). The van der Waals surface area contributed by atoms with Crippen LogP contribution in [0.4, 0.5) is 17.1 Å². The molecule has 0 spiro atoms. The summed E-state index contributed by atoms with van der Waals surface area (Å²) in [6, 6.07) is 14.7. The van der Waals surface area contributed by atoms with Crippen molar-refractivity contribution in [2.75, 3.05) is 17.1 Å². The van der Waals surface area contributed by atoms with E-state index >= 15 is 0 Å². The SMILES string of the molecule is COc1ccc([N+](=O)[O-])cc1NS(=O)(=O)c1cccc(C(=O)Nc2cc(C)ccc2C)c1. The predicted octanol–water partition coefficient (Wildman–Crippen LogP) is 4.27. The van der Waals surface area contributed by atoms with Gasteiger partial charge in [0.05, 0.1) is 22.6 Å². The number of nitro groups is 1. The minimum Gasteiger partial charge on any atom is -0.495 e. The van der Waals surface area contributed by atoms with Crippen molar-refractivity contribution < 1.29 is 22.9 Å². The first-order valence-corrected chi connectivity index (χ1v) is 10.9. The van der Waals surface area contributed by atoms with Gasteiger partial charge < -0.3 is 10.1 Å². The van der Waals surface area contributed by atoms with Crippen molar-refractivity contribution in [3.8, 4) is 5.75 Å². The van der Waals surface area contributed by atoms with E-state index in [4.69, 9.17) is 4.74 Å². The average Bonchev–Trinajstić information content (AvgIpc) is 2.76. The number of hydrogen-bond acceptors (Lipinski definition) is 6. The number of ether oxygens (including phenoxy) is 1. The molecule has 0 heterocycles. The number of nitrogens with zero attached hydrogens (tertiary/aromatic N) is 1. The van der Waals surface area contributed by atoms with Gasteiger partial charge in [0.15, 0.2) is 0 Å². The molecular weight excluding hydrogens is 434 g/mol. The van der Waals surface area contributed by atoms with E-state index in [9.17, 15) is 23.3 Å². The molecule has 0 atom stereocenters. The van der Waals surface area contributed by atoms with Gasteiger partial charge in [0, 0.05) is 23.4 Å². The summed E-state index contributed by atoms with van der Waals surface area (Å²) in [6.07, 6.45) is 0. The molecule has 0 aromatic heterocycles. The van der Waals surface area contributed by atoms with Gasteiger partial charge in [0.2, 0.25) is 0 Å². The quantitative estimate of drug-likeness (QED) is 0.404. The largest absolute Gasteiger partial charge is 0.495 e. The number of nitro benzene ring substituents is 1. The second-order valence-electron chi connectivity index (χ2n) is 7.05. The lowest BCUT2D eigenvalue weighted by Gasteiger charge is -2.13. The Morgan fingerprint density at radius 3 is 2.44 bits per heavy atom. The van der Waals surface area contributed by atoms with Crippen LogP contribution in [0.15, 0.2) is 65.6 Å². The van der Waals surface area contributed by atoms with Gasteiger partial charge in [-0.25, -0.2) is 8.42 Å². The summed E-state index contributed by atoms with van der Waals surface area (Å²) in [5, 5.41) is 13.8. The Morgan fingerprint density at radius 1 is 1.00 bits per heavy atom. The third-order valence-electron chi connectivity index (χ3n) is 4.69. The van der Waals surface area contributed by atoms with Gasteiger partial charge in [-0.3, -0.25) is 19.6 Å². The molecule has 10 heteroatoms. The summed E-state index contributed by atoms with van der Waals surface area (Å²) in [5.74, 6) is -0.355. The molecule has 0 radical (unpaired) electrons. The molecule has 0 aliphatic carbocycles. The van der Waals surface area contributed by atoms with Crippen LogP contribution in [0.1, 0.15) is 21.5 Å². The number of rotatable bonds is 7.